The van der Waals surface area contributed by atoms with Crippen molar-refractivity contribution in [2.24, 2.45) is 29.6 Å². The molecule has 3 aliphatic rings. The molecular weight excluding hydrogens is 268 g/mol. The van der Waals surface area contributed by atoms with Gasteiger partial charge in [0.2, 0.25) is 0 Å². The third-order valence-electron chi connectivity index (χ3n) is 5.95. The van der Waals surface area contributed by atoms with E-state index in [4.69, 9.17) is 0 Å². The zero-order valence-electron chi connectivity index (χ0n) is 12.9. The molecule has 2 saturated carbocycles. The topological polar surface area (TPSA) is 69.6 Å². The number of nitrogens with one attached hydrogen (secondary N) is 1. The van der Waals surface area contributed by atoms with Crippen molar-refractivity contribution in [3.05, 3.63) is 0 Å². The maximum atomic E-state index is 12.4. The fourth-order valence-corrected chi connectivity index (χ4v) is 4.60. The van der Waals surface area contributed by atoms with Gasteiger partial charge in [-0.1, -0.05) is 13.8 Å². The number of aliphatic carboxylic acids is 1. The zero-order chi connectivity index (χ0) is 15.1. The molecular formula is C16H26N2O3. The molecule has 0 spiro atoms. The average Bonchev–Trinajstić information content (AvgIpc) is 3.13. The lowest BCUT2D eigenvalue weighted by Gasteiger charge is -2.30. The van der Waals surface area contributed by atoms with Crippen LogP contribution < -0.4 is 5.32 Å². The molecule has 5 nitrogen and oxygen atoms in total. The van der Waals surface area contributed by atoms with Gasteiger partial charge >= 0.3 is 12.0 Å². The molecule has 0 aromatic rings. The van der Waals surface area contributed by atoms with Gasteiger partial charge in [-0.05, 0) is 49.4 Å². The van der Waals surface area contributed by atoms with Crippen LogP contribution in [0.2, 0.25) is 0 Å². The molecule has 5 unspecified atom stereocenters. The maximum Gasteiger partial charge on any atom is 0.317 e. The summed E-state index contributed by atoms with van der Waals surface area (Å²) in [6.45, 7) is 6.00. The number of hydrogen-bond acceptors (Lipinski definition) is 2. The lowest BCUT2D eigenvalue weighted by molar-refractivity contribution is -0.144. The van der Waals surface area contributed by atoms with E-state index in [9.17, 15) is 14.7 Å². The maximum absolute atomic E-state index is 12.4. The molecule has 118 valence electrons. The van der Waals surface area contributed by atoms with E-state index in [2.05, 4.69) is 19.2 Å². The highest BCUT2D eigenvalue weighted by atomic mass is 16.4. The number of hydrogen-bond donors (Lipinski definition) is 2. The Bertz CT molecular complexity index is 437. The standard InChI is InChI=1S/C16H26N2O3/c1-9(2)12-5-6-18(8-12)16(21)17-14-11-4-3-10(7-11)13(14)15(19)20/h9-14H,3-8H2,1-2H3,(H,17,21)(H,19,20). The van der Waals surface area contributed by atoms with Crippen LogP contribution in [0.15, 0.2) is 0 Å². The average molecular weight is 294 g/mol. The summed E-state index contributed by atoms with van der Waals surface area (Å²) in [5, 5.41) is 12.5. The van der Waals surface area contributed by atoms with Gasteiger partial charge in [0.15, 0.2) is 0 Å². The number of carbonyl (C=O) groups is 2. The first-order valence-corrected chi connectivity index (χ1v) is 8.25. The Kier molecular flexibility index (Phi) is 3.84. The van der Waals surface area contributed by atoms with E-state index >= 15 is 0 Å². The Labute approximate surface area is 126 Å². The number of urea groups is 1. The fourth-order valence-electron chi connectivity index (χ4n) is 4.60. The van der Waals surface area contributed by atoms with Crippen molar-refractivity contribution < 1.29 is 14.7 Å². The van der Waals surface area contributed by atoms with E-state index in [0.717, 1.165) is 38.8 Å². The van der Waals surface area contributed by atoms with Crippen molar-refractivity contribution in [2.75, 3.05) is 13.1 Å². The van der Waals surface area contributed by atoms with Crippen LogP contribution in [-0.4, -0.2) is 41.1 Å². The third kappa shape index (κ3) is 2.62. The Balaban J connectivity index is 1.61. The van der Waals surface area contributed by atoms with Gasteiger partial charge in [-0.15, -0.1) is 0 Å². The van der Waals surface area contributed by atoms with Crippen LogP contribution in [0.4, 0.5) is 4.79 Å². The number of carboxylic acid groups (broad SMARTS) is 1. The monoisotopic (exact) mass is 294 g/mol. The number of likely N-dealkylation sites (tertiary alicyclic amines) is 1. The lowest BCUT2D eigenvalue weighted by Crippen LogP contribution is -2.51. The highest BCUT2D eigenvalue weighted by molar-refractivity contribution is 5.78. The molecule has 0 aromatic heterocycles. The minimum atomic E-state index is -0.742. The number of nitrogens with zero attached hydrogens (tertiary/aromatic N) is 1. The summed E-state index contributed by atoms with van der Waals surface area (Å²) in [5.41, 5.74) is 0. The largest absolute Gasteiger partial charge is 0.481 e. The van der Waals surface area contributed by atoms with Crippen LogP contribution >= 0.6 is 0 Å². The van der Waals surface area contributed by atoms with Crippen LogP contribution in [0.3, 0.4) is 0 Å². The van der Waals surface area contributed by atoms with E-state index in [1.165, 1.54) is 0 Å². The Hall–Kier alpha value is -1.26. The summed E-state index contributed by atoms with van der Waals surface area (Å²) in [6.07, 6.45) is 4.10. The Morgan fingerprint density at radius 2 is 1.90 bits per heavy atom. The van der Waals surface area contributed by atoms with Gasteiger partial charge in [-0.3, -0.25) is 4.79 Å². The van der Waals surface area contributed by atoms with Crippen molar-refractivity contribution in [1.29, 1.82) is 0 Å². The molecule has 1 saturated heterocycles. The van der Waals surface area contributed by atoms with Gasteiger partial charge in [0.1, 0.15) is 0 Å². The molecule has 5 heteroatoms. The van der Waals surface area contributed by atoms with E-state index in [1.54, 1.807) is 0 Å². The molecule has 5 atom stereocenters. The SMILES string of the molecule is CC(C)C1CCN(C(=O)NC2C3CCC(C3)C2C(=O)O)C1. The van der Waals surface area contributed by atoms with E-state index < -0.39 is 5.97 Å². The van der Waals surface area contributed by atoms with Crippen molar-refractivity contribution in [1.82, 2.24) is 10.2 Å². The Morgan fingerprint density at radius 1 is 1.19 bits per heavy atom. The highest BCUT2D eigenvalue weighted by Gasteiger charge is 2.52. The predicted octanol–water partition coefficient (Wildman–Crippen LogP) is 2.17. The second-order valence-electron chi connectivity index (χ2n) is 7.41. The predicted molar refractivity (Wildman–Crippen MR) is 78.8 cm³/mol. The number of carbonyl (C=O) groups excluding carboxylic acids is 1. The van der Waals surface area contributed by atoms with Crippen LogP contribution in [0, 0.1) is 29.6 Å². The third-order valence-corrected chi connectivity index (χ3v) is 5.95. The first kappa shape index (κ1) is 14.7. The van der Waals surface area contributed by atoms with Gasteiger partial charge in [-0.2, -0.15) is 0 Å². The molecule has 0 radical (unpaired) electrons. The number of rotatable bonds is 3. The van der Waals surface area contributed by atoms with Crippen molar-refractivity contribution in [2.45, 2.75) is 45.6 Å². The van der Waals surface area contributed by atoms with Crippen LogP contribution in [0.1, 0.15) is 39.5 Å². The van der Waals surface area contributed by atoms with Crippen molar-refractivity contribution in [3.8, 4) is 0 Å². The zero-order valence-corrected chi connectivity index (χ0v) is 12.9. The van der Waals surface area contributed by atoms with Gasteiger partial charge in [0, 0.05) is 19.1 Å². The minimum absolute atomic E-state index is 0.0538. The first-order valence-electron chi connectivity index (χ1n) is 8.25. The molecule has 1 heterocycles. The van der Waals surface area contributed by atoms with Crippen molar-refractivity contribution in [3.63, 3.8) is 0 Å². The number of carboxylic acids is 1. The lowest BCUT2D eigenvalue weighted by atomic mass is 9.84. The number of amides is 2. The van der Waals surface area contributed by atoms with Gasteiger partial charge in [0.25, 0.3) is 0 Å². The second-order valence-corrected chi connectivity index (χ2v) is 7.41. The molecule has 2 bridgehead atoms. The highest BCUT2D eigenvalue weighted by Crippen LogP contribution is 2.48. The summed E-state index contributed by atoms with van der Waals surface area (Å²) in [5.74, 6) is 0.677. The van der Waals surface area contributed by atoms with E-state index in [1.807, 2.05) is 4.90 Å². The van der Waals surface area contributed by atoms with Crippen LogP contribution in [0.25, 0.3) is 0 Å². The summed E-state index contributed by atoms with van der Waals surface area (Å²) < 4.78 is 0. The van der Waals surface area contributed by atoms with Crippen molar-refractivity contribution >= 4 is 12.0 Å². The smallest absolute Gasteiger partial charge is 0.317 e. The van der Waals surface area contributed by atoms with E-state index in [0.29, 0.717) is 17.8 Å². The van der Waals surface area contributed by atoms with Gasteiger partial charge in [0.05, 0.1) is 5.92 Å². The quantitative estimate of drug-likeness (QED) is 0.838. The molecule has 2 amide bonds. The minimum Gasteiger partial charge on any atom is -0.481 e. The molecule has 3 rings (SSSR count). The van der Waals surface area contributed by atoms with E-state index in [-0.39, 0.29) is 23.9 Å². The van der Waals surface area contributed by atoms with Crippen LogP contribution in [0.5, 0.6) is 0 Å². The summed E-state index contributed by atoms with van der Waals surface area (Å²) in [7, 11) is 0. The summed E-state index contributed by atoms with van der Waals surface area (Å²) in [4.78, 5) is 25.8. The summed E-state index contributed by atoms with van der Waals surface area (Å²) in [6, 6.07) is -0.214. The second kappa shape index (κ2) is 5.50. The normalized spacial score (nSPS) is 38.2. The molecule has 0 aromatic carbocycles. The van der Waals surface area contributed by atoms with Gasteiger partial charge in [-0.25, -0.2) is 4.79 Å². The molecule has 2 aliphatic carbocycles. The molecule has 21 heavy (non-hydrogen) atoms. The molecule has 1 aliphatic heterocycles. The summed E-state index contributed by atoms with van der Waals surface area (Å²) >= 11 is 0. The van der Waals surface area contributed by atoms with Crippen LogP contribution in [-0.2, 0) is 4.79 Å². The number of fused-ring (bicyclic) bond motifs is 2. The molecule has 2 N–H and O–H groups in total. The van der Waals surface area contributed by atoms with Gasteiger partial charge < -0.3 is 15.3 Å². The first-order chi connectivity index (χ1) is 9.97. The Morgan fingerprint density at radius 3 is 2.52 bits per heavy atom. The molecule has 3 fully saturated rings. The fraction of sp³-hybridized carbons (Fsp3) is 0.875.